The topological polar surface area (TPSA) is 9.23 Å². The SMILES string of the molecule is COc1ccc2ccccc2c1C1CCSC1. The summed E-state index contributed by atoms with van der Waals surface area (Å²) in [6.07, 6.45) is 1.27. The van der Waals surface area contributed by atoms with E-state index in [9.17, 15) is 0 Å². The minimum atomic E-state index is 0.654. The molecule has 2 aromatic rings. The lowest BCUT2D eigenvalue weighted by Gasteiger charge is -2.16. The maximum absolute atomic E-state index is 5.56. The molecule has 88 valence electrons. The van der Waals surface area contributed by atoms with Gasteiger partial charge in [0.05, 0.1) is 7.11 Å². The quantitative estimate of drug-likeness (QED) is 0.787. The highest BCUT2D eigenvalue weighted by Crippen LogP contribution is 2.41. The minimum Gasteiger partial charge on any atom is -0.496 e. The molecular formula is C15H16OS. The molecule has 0 bridgehead atoms. The fourth-order valence-corrected chi connectivity index (χ4v) is 3.87. The second kappa shape index (κ2) is 4.61. The number of rotatable bonds is 2. The van der Waals surface area contributed by atoms with Gasteiger partial charge in [0, 0.05) is 11.3 Å². The first kappa shape index (κ1) is 11.0. The standard InChI is InChI=1S/C15H16OS/c1-16-14-7-6-11-4-2-3-5-13(11)15(14)12-8-9-17-10-12/h2-7,12H,8-10H2,1H3. The van der Waals surface area contributed by atoms with Gasteiger partial charge in [-0.05, 0) is 34.9 Å². The Morgan fingerprint density at radius 3 is 2.82 bits per heavy atom. The summed E-state index contributed by atoms with van der Waals surface area (Å²) in [5.74, 6) is 4.21. The molecule has 2 aromatic carbocycles. The molecule has 1 heterocycles. The van der Waals surface area contributed by atoms with Gasteiger partial charge < -0.3 is 4.74 Å². The molecule has 1 aliphatic rings. The Balaban J connectivity index is 2.23. The van der Waals surface area contributed by atoms with Gasteiger partial charge in [-0.1, -0.05) is 30.3 Å². The number of hydrogen-bond acceptors (Lipinski definition) is 2. The van der Waals surface area contributed by atoms with Gasteiger partial charge in [0.1, 0.15) is 5.75 Å². The van der Waals surface area contributed by atoms with E-state index in [0.29, 0.717) is 5.92 Å². The highest BCUT2D eigenvalue weighted by molar-refractivity contribution is 7.99. The summed E-state index contributed by atoms with van der Waals surface area (Å²) in [6.45, 7) is 0. The third kappa shape index (κ3) is 1.91. The van der Waals surface area contributed by atoms with Gasteiger partial charge in [-0.2, -0.15) is 11.8 Å². The third-order valence-electron chi connectivity index (χ3n) is 3.49. The van der Waals surface area contributed by atoms with Crippen LogP contribution in [0.1, 0.15) is 17.9 Å². The Hall–Kier alpha value is -1.15. The van der Waals surface area contributed by atoms with Gasteiger partial charge in [0.25, 0.3) is 0 Å². The molecule has 0 spiro atoms. The van der Waals surface area contributed by atoms with Crippen molar-refractivity contribution < 1.29 is 4.74 Å². The van der Waals surface area contributed by atoms with Gasteiger partial charge in [-0.25, -0.2) is 0 Å². The summed E-state index contributed by atoms with van der Waals surface area (Å²) in [7, 11) is 1.77. The lowest BCUT2D eigenvalue weighted by atomic mass is 9.92. The van der Waals surface area contributed by atoms with Crippen LogP contribution in [-0.4, -0.2) is 18.6 Å². The van der Waals surface area contributed by atoms with Gasteiger partial charge >= 0.3 is 0 Å². The number of fused-ring (bicyclic) bond motifs is 1. The number of hydrogen-bond donors (Lipinski definition) is 0. The van der Waals surface area contributed by atoms with Crippen molar-refractivity contribution in [2.75, 3.05) is 18.6 Å². The first-order valence-corrected chi connectivity index (χ1v) is 7.19. The second-order valence-corrected chi connectivity index (χ2v) is 5.61. The smallest absolute Gasteiger partial charge is 0.123 e. The van der Waals surface area contributed by atoms with E-state index in [1.54, 1.807) is 7.11 Å². The van der Waals surface area contributed by atoms with Crippen molar-refractivity contribution in [1.29, 1.82) is 0 Å². The zero-order valence-corrected chi connectivity index (χ0v) is 10.8. The summed E-state index contributed by atoms with van der Waals surface area (Å²) in [5, 5.41) is 2.68. The van der Waals surface area contributed by atoms with Crippen molar-refractivity contribution in [3.05, 3.63) is 42.0 Å². The molecular weight excluding hydrogens is 228 g/mol. The van der Waals surface area contributed by atoms with E-state index in [4.69, 9.17) is 4.74 Å². The molecule has 1 aliphatic heterocycles. The summed E-state index contributed by atoms with van der Waals surface area (Å²) in [6, 6.07) is 12.9. The average molecular weight is 244 g/mol. The monoisotopic (exact) mass is 244 g/mol. The highest BCUT2D eigenvalue weighted by Gasteiger charge is 2.22. The lowest BCUT2D eigenvalue weighted by Crippen LogP contribution is -2.01. The zero-order chi connectivity index (χ0) is 11.7. The molecule has 0 N–H and O–H groups in total. The molecule has 0 saturated carbocycles. The molecule has 1 atom stereocenters. The van der Waals surface area contributed by atoms with E-state index >= 15 is 0 Å². The van der Waals surface area contributed by atoms with Crippen LogP contribution in [0.3, 0.4) is 0 Å². The summed E-state index contributed by atoms with van der Waals surface area (Å²) in [4.78, 5) is 0. The Bertz CT molecular complexity index is 529. The van der Waals surface area contributed by atoms with Crippen LogP contribution in [0.5, 0.6) is 5.75 Å². The number of ether oxygens (including phenoxy) is 1. The highest BCUT2D eigenvalue weighted by atomic mass is 32.2. The van der Waals surface area contributed by atoms with Crippen molar-refractivity contribution in [1.82, 2.24) is 0 Å². The number of benzene rings is 2. The van der Waals surface area contributed by atoms with Crippen LogP contribution in [0.25, 0.3) is 10.8 Å². The average Bonchev–Trinajstić information content (AvgIpc) is 2.91. The minimum absolute atomic E-state index is 0.654. The second-order valence-electron chi connectivity index (χ2n) is 4.46. The van der Waals surface area contributed by atoms with Crippen molar-refractivity contribution in [3.63, 3.8) is 0 Å². The van der Waals surface area contributed by atoms with E-state index in [0.717, 1.165) is 5.75 Å². The molecule has 1 unspecified atom stereocenters. The molecule has 0 radical (unpaired) electrons. The summed E-state index contributed by atoms with van der Waals surface area (Å²) >= 11 is 2.05. The van der Waals surface area contributed by atoms with Crippen LogP contribution < -0.4 is 4.74 Å². The molecule has 1 nitrogen and oxygen atoms in total. The van der Waals surface area contributed by atoms with Crippen molar-refractivity contribution in [2.24, 2.45) is 0 Å². The van der Waals surface area contributed by atoms with Crippen molar-refractivity contribution in [3.8, 4) is 5.75 Å². The first-order valence-electron chi connectivity index (χ1n) is 6.03. The largest absolute Gasteiger partial charge is 0.496 e. The van der Waals surface area contributed by atoms with Crippen LogP contribution >= 0.6 is 11.8 Å². The van der Waals surface area contributed by atoms with E-state index in [-0.39, 0.29) is 0 Å². The van der Waals surface area contributed by atoms with Crippen LogP contribution in [0, 0.1) is 0 Å². The molecule has 3 rings (SSSR count). The molecule has 2 heteroatoms. The van der Waals surface area contributed by atoms with Crippen LogP contribution in [0.15, 0.2) is 36.4 Å². The fourth-order valence-electron chi connectivity index (χ4n) is 2.64. The van der Waals surface area contributed by atoms with Gasteiger partial charge in [0.15, 0.2) is 0 Å². The first-order chi connectivity index (χ1) is 8.40. The van der Waals surface area contributed by atoms with Gasteiger partial charge in [-0.3, -0.25) is 0 Å². The summed E-state index contributed by atoms with van der Waals surface area (Å²) < 4.78 is 5.56. The summed E-state index contributed by atoms with van der Waals surface area (Å²) in [5.41, 5.74) is 1.41. The van der Waals surface area contributed by atoms with Gasteiger partial charge in [0.2, 0.25) is 0 Å². The van der Waals surface area contributed by atoms with Crippen molar-refractivity contribution in [2.45, 2.75) is 12.3 Å². The zero-order valence-electron chi connectivity index (χ0n) is 9.98. The third-order valence-corrected chi connectivity index (χ3v) is 4.65. The Labute approximate surface area is 106 Å². The maximum Gasteiger partial charge on any atom is 0.123 e. The predicted molar refractivity (Wildman–Crippen MR) is 75.2 cm³/mol. The van der Waals surface area contributed by atoms with Crippen LogP contribution in [0.2, 0.25) is 0 Å². The Morgan fingerprint density at radius 1 is 1.18 bits per heavy atom. The molecule has 17 heavy (non-hydrogen) atoms. The normalized spacial score (nSPS) is 19.7. The number of methoxy groups -OCH3 is 1. The van der Waals surface area contributed by atoms with E-state index < -0.39 is 0 Å². The molecule has 1 fully saturated rings. The molecule has 0 aliphatic carbocycles. The molecule has 0 amide bonds. The van der Waals surface area contributed by atoms with Crippen LogP contribution in [0.4, 0.5) is 0 Å². The lowest BCUT2D eigenvalue weighted by molar-refractivity contribution is 0.408. The molecule has 1 saturated heterocycles. The molecule has 0 aromatic heterocycles. The van der Waals surface area contributed by atoms with Crippen LogP contribution in [-0.2, 0) is 0 Å². The fraction of sp³-hybridized carbons (Fsp3) is 0.333. The maximum atomic E-state index is 5.56. The Morgan fingerprint density at radius 2 is 2.06 bits per heavy atom. The van der Waals surface area contributed by atoms with E-state index in [1.165, 1.54) is 34.3 Å². The predicted octanol–water partition coefficient (Wildman–Crippen LogP) is 4.07. The Kier molecular flexibility index (Phi) is 2.98. The van der Waals surface area contributed by atoms with E-state index in [1.807, 2.05) is 11.8 Å². The van der Waals surface area contributed by atoms with E-state index in [2.05, 4.69) is 36.4 Å². The van der Waals surface area contributed by atoms with Crippen molar-refractivity contribution >= 4 is 22.5 Å². The van der Waals surface area contributed by atoms with Gasteiger partial charge in [-0.15, -0.1) is 0 Å². The number of thioether (sulfide) groups is 1.